The average molecular weight is 522 g/mol. The number of hydrogen-bond acceptors (Lipinski definition) is 10. The van der Waals surface area contributed by atoms with Crippen LogP contribution >= 0.6 is 0 Å². The molecule has 0 bridgehead atoms. The van der Waals surface area contributed by atoms with E-state index >= 15 is 0 Å². The smallest absolute Gasteiger partial charge is 0.245 e. The van der Waals surface area contributed by atoms with E-state index in [0.29, 0.717) is 30.5 Å². The Kier molecular flexibility index (Phi) is 8.72. The summed E-state index contributed by atoms with van der Waals surface area (Å²) in [5.41, 5.74) is 7.31. The molecule has 11 nitrogen and oxygen atoms in total. The van der Waals surface area contributed by atoms with Crippen molar-refractivity contribution in [2.24, 2.45) is 0 Å². The van der Waals surface area contributed by atoms with E-state index in [2.05, 4.69) is 25.2 Å². The summed E-state index contributed by atoms with van der Waals surface area (Å²) in [5, 5.41) is 7.63. The average Bonchev–Trinajstić information content (AvgIpc) is 3.60. The standard InChI is InChI=1S/C27H35N7O4/c28-26-30-27(29-25-8-7-24(19-21(25)20-35)38-18-13-32-9-1-2-10-32)31-34(26)22-3-5-23(6-4-22)37-17-14-33-11-15-36-16-12-33/h3-8,19,25H,1-2,9-18H2,(H3,28,29,30,31). The maximum atomic E-state index is 11.6. The van der Waals surface area contributed by atoms with Gasteiger partial charge in [0.1, 0.15) is 30.7 Å². The Hall–Kier alpha value is -3.63. The minimum absolute atomic E-state index is 0.228. The minimum Gasteiger partial charge on any atom is -0.492 e. The number of rotatable bonds is 11. The van der Waals surface area contributed by atoms with Crippen LogP contribution in [0.4, 0.5) is 11.9 Å². The number of nitrogen functional groups attached to an aromatic ring is 1. The predicted molar refractivity (Wildman–Crippen MR) is 144 cm³/mol. The van der Waals surface area contributed by atoms with Crippen molar-refractivity contribution < 1.29 is 19.0 Å². The summed E-state index contributed by atoms with van der Waals surface area (Å²) in [4.78, 5) is 20.7. The number of allylic oxidation sites excluding steroid dienone is 1. The van der Waals surface area contributed by atoms with E-state index in [9.17, 15) is 4.79 Å². The van der Waals surface area contributed by atoms with Crippen LogP contribution in [0, 0.1) is 0 Å². The fraction of sp³-hybridized carbons (Fsp3) is 0.481. The van der Waals surface area contributed by atoms with E-state index in [1.807, 2.05) is 42.4 Å². The third-order valence-electron chi connectivity index (χ3n) is 6.86. The molecule has 11 heteroatoms. The van der Waals surface area contributed by atoms with Gasteiger partial charge in [0.2, 0.25) is 11.9 Å². The first kappa shape index (κ1) is 26.0. The van der Waals surface area contributed by atoms with E-state index < -0.39 is 6.04 Å². The van der Waals surface area contributed by atoms with Crippen molar-refractivity contribution in [1.29, 1.82) is 0 Å². The quantitative estimate of drug-likeness (QED) is 0.423. The highest BCUT2D eigenvalue weighted by Gasteiger charge is 2.20. The van der Waals surface area contributed by atoms with Crippen molar-refractivity contribution >= 4 is 17.8 Å². The molecule has 2 saturated heterocycles. The Balaban J connectivity index is 1.13. The van der Waals surface area contributed by atoms with Crippen LogP contribution in [-0.2, 0) is 14.3 Å². The number of nitrogens with two attached hydrogens (primary N) is 1. The number of aromatic nitrogens is 3. The van der Waals surface area contributed by atoms with Gasteiger partial charge in [0.15, 0.2) is 0 Å². The van der Waals surface area contributed by atoms with Crippen LogP contribution in [0.25, 0.3) is 5.69 Å². The van der Waals surface area contributed by atoms with Gasteiger partial charge in [-0.1, -0.05) is 6.08 Å². The summed E-state index contributed by atoms with van der Waals surface area (Å²) in [5.74, 6) is 3.96. The maximum absolute atomic E-state index is 11.6. The summed E-state index contributed by atoms with van der Waals surface area (Å²) < 4.78 is 18.7. The zero-order chi connectivity index (χ0) is 26.2. The van der Waals surface area contributed by atoms with Gasteiger partial charge in [-0.15, -0.1) is 5.10 Å². The molecule has 1 unspecified atom stereocenters. The second kappa shape index (κ2) is 12.7. The van der Waals surface area contributed by atoms with Crippen LogP contribution in [0.2, 0.25) is 0 Å². The van der Waals surface area contributed by atoms with E-state index in [4.69, 9.17) is 19.9 Å². The lowest BCUT2D eigenvalue weighted by Gasteiger charge is -2.26. The van der Waals surface area contributed by atoms with Gasteiger partial charge < -0.3 is 25.3 Å². The van der Waals surface area contributed by atoms with Gasteiger partial charge in [0.05, 0.1) is 30.5 Å². The summed E-state index contributed by atoms with van der Waals surface area (Å²) in [6.07, 6.45) is 7.88. The lowest BCUT2D eigenvalue weighted by atomic mass is 10.0. The van der Waals surface area contributed by atoms with Crippen LogP contribution in [0.1, 0.15) is 12.8 Å². The molecule has 3 aliphatic rings. The number of nitrogens with zero attached hydrogens (tertiary/aromatic N) is 5. The van der Waals surface area contributed by atoms with E-state index in [1.165, 1.54) is 12.8 Å². The first-order valence-corrected chi connectivity index (χ1v) is 13.2. The fourth-order valence-corrected chi connectivity index (χ4v) is 4.71. The van der Waals surface area contributed by atoms with E-state index in [-0.39, 0.29) is 5.95 Å². The fourth-order valence-electron chi connectivity index (χ4n) is 4.71. The number of anilines is 2. The SMILES string of the molecule is Nc1nc(NC2C=CC(OCCN3CCCC3)=CC2=C=O)nn1-c1ccc(OCCN2CCOCC2)cc1. The Morgan fingerprint density at radius 3 is 2.47 bits per heavy atom. The van der Waals surface area contributed by atoms with Gasteiger partial charge in [0, 0.05) is 26.2 Å². The van der Waals surface area contributed by atoms with Crippen molar-refractivity contribution in [2.45, 2.75) is 18.9 Å². The molecular weight excluding hydrogens is 486 g/mol. The minimum atomic E-state index is -0.434. The second-order valence-corrected chi connectivity index (χ2v) is 9.48. The highest BCUT2D eigenvalue weighted by Crippen LogP contribution is 2.22. The number of morpholine rings is 1. The van der Waals surface area contributed by atoms with Crippen LogP contribution in [0.5, 0.6) is 5.75 Å². The molecule has 2 fully saturated rings. The molecule has 3 N–H and O–H groups in total. The maximum Gasteiger partial charge on any atom is 0.245 e. The molecule has 1 aliphatic carbocycles. The number of likely N-dealkylation sites (tertiary alicyclic amines) is 1. The third-order valence-corrected chi connectivity index (χ3v) is 6.86. The molecule has 5 rings (SSSR count). The molecule has 0 radical (unpaired) electrons. The Morgan fingerprint density at radius 2 is 1.74 bits per heavy atom. The summed E-state index contributed by atoms with van der Waals surface area (Å²) in [6.45, 7) is 8.63. The van der Waals surface area contributed by atoms with Gasteiger partial charge in [-0.05, 0) is 62.3 Å². The van der Waals surface area contributed by atoms with Crippen molar-refractivity contribution in [3.05, 3.63) is 53.8 Å². The number of hydrogen-bond donors (Lipinski definition) is 2. The number of benzene rings is 1. The highest BCUT2D eigenvalue weighted by molar-refractivity contribution is 5.65. The highest BCUT2D eigenvalue weighted by atomic mass is 16.5. The lowest BCUT2D eigenvalue weighted by Crippen LogP contribution is -2.38. The molecule has 1 aromatic carbocycles. The molecule has 1 aromatic heterocycles. The number of carbonyl (C=O) groups excluding carboxylic acids is 1. The topological polar surface area (TPSA) is 120 Å². The first-order chi connectivity index (χ1) is 18.7. The number of nitrogens with one attached hydrogen (secondary N) is 1. The number of ether oxygens (including phenoxy) is 3. The molecule has 2 aliphatic heterocycles. The summed E-state index contributed by atoms with van der Waals surface area (Å²) in [6, 6.07) is 7.09. The Labute approximate surface area is 222 Å². The summed E-state index contributed by atoms with van der Waals surface area (Å²) in [7, 11) is 0. The van der Waals surface area contributed by atoms with Gasteiger partial charge in [-0.3, -0.25) is 9.80 Å². The molecule has 0 amide bonds. The Morgan fingerprint density at radius 1 is 1.03 bits per heavy atom. The Bertz CT molecular complexity index is 1170. The van der Waals surface area contributed by atoms with Crippen molar-refractivity contribution in [3.63, 3.8) is 0 Å². The normalized spacial score (nSPS) is 20.3. The zero-order valence-electron chi connectivity index (χ0n) is 21.6. The van der Waals surface area contributed by atoms with E-state index in [0.717, 1.165) is 63.9 Å². The van der Waals surface area contributed by atoms with Crippen LogP contribution < -0.4 is 15.8 Å². The zero-order valence-corrected chi connectivity index (χ0v) is 21.6. The molecule has 202 valence electrons. The predicted octanol–water partition coefficient (Wildman–Crippen LogP) is 1.67. The molecular formula is C27H35N7O4. The molecule has 0 spiro atoms. The largest absolute Gasteiger partial charge is 0.492 e. The van der Waals surface area contributed by atoms with Gasteiger partial charge >= 0.3 is 0 Å². The van der Waals surface area contributed by atoms with Gasteiger partial charge in [-0.25, -0.2) is 4.79 Å². The van der Waals surface area contributed by atoms with Crippen molar-refractivity contribution in [2.75, 3.05) is 76.7 Å². The molecule has 3 heterocycles. The van der Waals surface area contributed by atoms with Crippen LogP contribution in [0.3, 0.4) is 0 Å². The molecule has 38 heavy (non-hydrogen) atoms. The molecule has 2 aromatic rings. The van der Waals surface area contributed by atoms with Gasteiger partial charge in [-0.2, -0.15) is 9.67 Å². The van der Waals surface area contributed by atoms with Crippen LogP contribution in [-0.4, -0.2) is 102 Å². The van der Waals surface area contributed by atoms with Crippen LogP contribution in [0.15, 0.2) is 53.8 Å². The molecule has 1 atom stereocenters. The van der Waals surface area contributed by atoms with Gasteiger partial charge in [0.25, 0.3) is 0 Å². The summed E-state index contributed by atoms with van der Waals surface area (Å²) >= 11 is 0. The second-order valence-electron chi connectivity index (χ2n) is 9.48. The molecule has 0 saturated carbocycles. The van der Waals surface area contributed by atoms with Crippen molar-refractivity contribution in [1.82, 2.24) is 24.6 Å². The van der Waals surface area contributed by atoms with E-state index in [1.54, 1.807) is 10.8 Å². The monoisotopic (exact) mass is 521 g/mol. The third kappa shape index (κ3) is 6.81. The van der Waals surface area contributed by atoms with Crippen molar-refractivity contribution in [3.8, 4) is 11.4 Å². The lowest BCUT2D eigenvalue weighted by molar-refractivity contribution is 0.0322. The first-order valence-electron chi connectivity index (χ1n) is 13.2.